The van der Waals surface area contributed by atoms with E-state index in [-0.39, 0.29) is 11.9 Å². The molecule has 0 bridgehead atoms. The van der Waals surface area contributed by atoms with Crippen molar-refractivity contribution < 1.29 is 4.79 Å². The molecule has 2 aromatic carbocycles. The molecular weight excluding hydrogens is 322 g/mol. The second-order valence-corrected chi connectivity index (χ2v) is 6.98. The number of hydrogen-bond donors (Lipinski definition) is 1. The first-order valence-electron chi connectivity index (χ1n) is 9.07. The first-order valence-corrected chi connectivity index (χ1v) is 9.07. The molecule has 3 rings (SSSR count). The Kier molecular flexibility index (Phi) is 5.74. The number of fused-ring (bicyclic) bond motifs is 1. The molecule has 0 radical (unpaired) electrons. The van der Waals surface area contributed by atoms with Crippen molar-refractivity contribution in [3.63, 3.8) is 0 Å². The highest BCUT2D eigenvalue weighted by molar-refractivity contribution is 5.84. The summed E-state index contributed by atoms with van der Waals surface area (Å²) in [6.45, 7) is 0.606. The van der Waals surface area contributed by atoms with E-state index in [0.717, 1.165) is 6.42 Å². The molecule has 136 valence electrons. The maximum absolute atomic E-state index is 12.3. The monoisotopic (exact) mass is 349 g/mol. The molecule has 1 heterocycles. The average Bonchev–Trinajstić information content (AvgIpc) is 2.98. The van der Waals surface area contributed by atoms with E-state index in [1.54, 1.807) is 0 Å². The Morgan fingerprint density at radius 1 is 1.08 bits per heavy atom. The van der Waals surface area contributed by atoms with Crippen molar-refractivity contribution in [2.24, 2.45) is 7.05 Å². The standard InChI is InChI=1S/C22H27N3O/c1-24(2)21(19-16-25(3)20-12-8-7-11-18(19)20)15-23-22(26)14-13-17-9-5-4-6-10-17/h4-12,16,21H,13-15H2,1-3H3,(H,23,26). The van der Waals surface area contributed by atoms with Gasteiger partial charge in [0.05, 0.1) is 6.04 Å². The van der Waals surface area contributed by atoms with Crippen LogP contribution in [0.1, 0.15) is 23.6 Å². The molecule has 0 aliphatic rings. The van der Waals surface area contributed by atoms with Crippen molar-refractivity contribution in [3.8, 4) is 0 Å². The first kappa shape index (κ1) is 18.2. The Hall–Kier alpha value is -2.59. The fourth-order valence-corrected chi connectivity index (χ4v) is 3.41. The third-order valence-corrected chi connectivity index (χ3v) is 4.89. The number of likely N-dealkylation sites (N-methyl/N-ethyl adjacent to an activating group) is 1. The van der Waals surface area contributed by atoms with Crippen LogP contribution in [-0.2, 0) is 18.3 Å². The van der Waals surface area contributed by atoms with Gasteiger partial charge in [0.1, 0.15) is 0 Å². The minimum absolute atomic E-state index is 0.0981. The van der Waals surface area contributed by atoms with Crippen molar-refractivity contribution >= 4 is 16.8 Å². The van der Waals surface area contributed by atoms with Crippen LogP contribution in [0.15, 0.2) is 60.8 Å². The highest BCUT2D eigenvalue weighted by Crippen LogP contribution is 2.28. The van der Waals surface area contributed by atoms with Crippen LogP contribution in [0.2, 0.25) is 0 Å². The van der Waals surface area contributed by atoms with E-state index in [0.29, 0.717) is 13.0 Å². The highest BCUT2D eigenvalue weighted by Gasteiger charge is 2.19. The lowest BCUT2D eigenvalue weighted by atomic mass is 10.0. The predicted molar refractivity (Wildman–Crippen MR) is 107 cm³/mol. The van der Waals surface area contributed by atoms with Gasteiger partial charge in [0.2, 0.25) is 5.91 Å². The van der Waals surface area contributed by atoms with E-state index in [1.165, 1.54) is 22.0 Å². The smallest absolute Gasteiger partial charge is 0.220 e. The van der Waals surface area contributed by atoms with Crippen LogP contribution in [0.4, 0.5) is 0 Å². The van der Waals surface area contributed by atoms with Crippen LogP contribution in [0.25, 0.3) is 10.9 Å². The van der Waals surface area contributed by atoms with Gasteiger partial charge in [0, 0.05) is 37.1 Å². The Balaban J connectivity index is 1.66. The van der Waals surface area contributed by atoms with Gasteiger partial charge in [-0.1, -0.05) is 48.5 Å². The van der Waals surface area contributed by atoms with E-state index in [9.17, 15) is 4.79 Å². The second-order valence-electron chi connectivity index (χ2n) is 6.98. The van der Waals surface area contributed by atoms with Crippen LogP contribution < -0.4 is 5.32 Å². The van der Waals surface area contributed by atoms with Gasteiger partial charge in [-0.05, 0) is 37.7 Å². The largest absolute Gasteiger partial charge is 0.354 e. The van der Waals surface area contributed by atoms with Gasteiger partial charge in [0.25, 0.3) is 0 Å². The number of para-hydroxylation sites is 1. The van der Waals surface area contributed by atoms with Crippen LogP contribution in [0, 0.1) is 0 Å². The lowest BCUT2D eigenvalue weighted by molar-refractivity contribution is -0.121. The molecule has 4 heteroatoms. The van der Waals surface area contributed by atoms with Crippen molar-refractivity contribution in [1.29, 1.82) is 0 Å². The fraction of sp³-hybridized carbons (Fsp3) is 0.318. The van der Waals surface area contributed by atoms with Gasteiger partial charge in [-0.25, -0.2) is 0 Å². The zero-order chi connectivity index (χ0) is 18.5. The zero-order valence-electron chi connectivity index (χ0n) is 15.8. The molecule has 0 spiro atoms. The number of aromatic nitrogens is 1. The Bertz CT molecular complexity index is 867. The van der Waals surface area contributed by atoms with Crippen LogP contribution in [0.5, 0.6) is 0 Å². The van der Waals surface area contributed by atoms with Gasteiger partial charge >= 0.3 is 0 Å². The summed E-state index contributed by atoms with van der Waals surface area (Å²) in [5.74, 6) is 0.0981. The van der Waals surface area contributed by atoms with Crippen molar-refractivity contribution in [2.45, 2.75) is 18.9 Å². The van der Waals surface area contributed by atoms with Crippen LogP contribution in [-0.4, -0.2) is 36.0 Å². The summed E-state index contributed by atoms with van der Waals surface area (Å²) in [7, 11) is 6.18. The van der Waals surface area contributed by atoms with Crippen molar-refractivity contribution in [1.82, 2.24) is 14.8 Å². The van der Waals surface area contributed by atoms with E-state index >= 15 is 0 Å². The molecular formula is C22H27N3O. The summed E-state index contributed by atoms with van der Waals surface area (Å²) in [6, 6.07) is 18.7. The lowest BCUT2D eigenvalue weighted by Gasteiger charge is -2.24. The van der Waals surface area contributed by atoms with E-state index in [4.69, 9.17) is 0 Å². The number of amides is 1. The second kappa shape index (κ2) is 8.19. The maximum atomic E-state index is 12.3. The van der Waals surface area contributed by atoms with E-state index in [1.807, 2.05) is 18.2 Å². The Morgan fingerprint density at radius 2 is 1.77 bits per heavy atom. The number of nitrogens with one attached hydrogen (secondary N) is 1. The van der Waals surface area contributed by atoms with E-state index < -0.39 is 0 Å². The molecule has 26 heavy (non-hydrogen) atoms. The summed E-state index contributed by atoms with van der Waals surface area (Å²) in [5.41, 5.74) is 3.65. The molecule has 0 aliphatic carbocycles. The van der Waals surface area contributed by atoms with Gasteiger partial charge in [-0.2, -0.15) is 0 Å². The summed E-state index contributed by atoms with van der Waals surface area (Å²) in [5, 5.41) is 4.36. The minimum Gasteiger partial charge on any atom is -0.354 e. The molecule has 1 aromatic heterocycles. The first-order chi connectivity index (χ1) is 12.6. The lowest BCUT2D eigenvalue weighted by Crippen LogP contribution is -2.34. The van der Waals surface area contributed by atoms with Crippen molar-refractivity contribution in [3.05, 3.63) is 71.9 Å². The Labute approximate surface area is 155 Å². The Morgan fingerprint density at radius 3 is 2.50 bits per heavy atom. The molecule has 1 unspecified atom stereocenters. The van der Waals surface area contributed by atoms with Gasteiger partial charge in [-0.3, -0.25) is 4.79 Å². The van der Waals surface area contributed by atoms with E-state index in [2.05, 4.69) is 78.5 Å². The third-order valence-electron chi connectivity index (χ3n) is 4.89. The number of benzene rings is 2. The van der Waals surface area contributed by atoms with Crippen molar-refractivity contribution in [2.75, 3.05) is 20.6 Å². The summed E-state index contributed by atoms with van der Waals surface area (Å²) >= 11 is 0. The molecule has 1 N–H and O–H groups in total. The zero-order valence-corrected chi connectivity index (χ0v) is 15.8. The molecule has 1 amide bonds. The van der Waals surface area contributed by atoms with Gasteiger partial charge in [0.15, 0.2) is 0 Å². The SMILES string of the molecule is CN(C)C(CNC(=O)CCc1ccccc1)c1cn(C)c2ccccc12. The normalized spacial score (nSPS) is 12.5. The summed E-state index contributed by atoms with van der Waals surface area (Å²) in [4.78, 5) is 14.5. The number of carbonyl (C=O) groups is 1. The van der Waals surface area contributed by atoms with Crippen LogP contribution in [0.3, 0.4) is 0 Å². The predicted octanol–water partition coefficient (Wildman–Crippen LogP) is 3.53. The molecule has 4 nitrogen and oxygen atoms in total. The number of carbonyl (C=O) groups excluding carboxylic acids is 1. The average molecular weight is 349 g/mol. The topological polar surface area (TPSA) is 37.3 Å². The fourth-order valence-electron chi connectivity index (χ4n) is 3.41. The minimum atomic E-state index is 0.0981. The molecule has 1 atom stereocenters. The molecule has 0 fully saturated rings. The maximum Gasteiger partial charge on any atom is 0.220 e. The summed E-state index contributed by atoms with van der Waals surface area (Å²) < 4.78 is 2.15. The quantitative estimate of drug-likeness (QED) is 0.708. The van der Waals surface area contributed by atoms with Gasteiger partial charge in [-0.15, -0.1) is 0 Å². The molecule has 0 saturated carbocycles. The summed E-state index contributed by atoms with van der Waals surface area (Å²) in [6.07, 6.45) is 3.46. The molecule has 0 aliphatic heterocycles. The van der Waals surface area contributed by atoms with Crippen LogP contribution >= 0.6 is 0 Å². The highest BCUT2D eigenvalue weighted by atomic mass is 16.1. The third kappa shape index (κ3) is 4.14. The van der Waals surface area contributed by atoms with Gasteiger partial charge < -0.3 is 14.8 Å². The number of aryl methyl sites for hydroxylation is 2. The molecule has 0 saturated heterocycles. The number of rotatable bonds is 7. The number of nitrogens with zero attached hydrogens (tertiary/aromatic N) is 2. The number of hydrogen-bond acceptors (Lipinski definition) is 2. The molecule has 3 aromatic rings.